The molecule has 2 aliphatic heterocycles. The maximum atomic E-state index is 11.9. The Morgan fingerprint density at radius 1 is 1.33 bits per heavy atom. The predicted octanol–water partition coefficient (Wildman–Crippen LogP) is -0.0809. The summed E-state index contributed by atoms with van der Waals surface area (Å²) in [5, 5.41) is 3.40. The van der Waals surface area contributed by atoms with Crippen molar-refractivity contribution in [2.75, 3.05) is 52.5 Å². The Hall–Kier alpha value is -0.650. The first-order valence-corrected chi connectivity index (χ1v) is 7.11. The van der Waals surface area contributed by atoms with E-state index >= 15 is 0 Å². The van der Waals surface area contributed by atoms with Gasteiger partial charge in [-0.25, -0.2) is 0 Å². The molecule has 5 nitrogen and oxygen atoms in total. The molecule has 0 aromatic heterocycles. The largest absolute Gasteiger partial charge is 0.372 e. The second-order valence-electron chi connectivity index (χ2n) is 5.12. The molecular weight excluding hydrogens is 230 g/mol. The van der Waals surface area contributed by atoms with Crippen molar-refractivity contribution in [3.63, 3.8) is 0 Å². The second-order valence-corrected chi connectivity index (χ2v) is 5.12. The van der Waals surface area contributed by atoms with Gasteiger partial charge in [0.1, 0.15) is 6.61 Å². The highest BCUT2D eigenvalue weighted by Gasteiger charge is 2.27. The molecule has 1 N–H and O–H groups in total. The lowest BCUT2D eigenvalue weighted by atomic mass is 10.2. The van der Waals surface area contributed by atoms with Crippen LogP contribution >= 0.6 is 0 Å². The van der Waals surface area contributed by atoms with Crippen molar-refractivity contribution in [2.45, 2.75) is 25.8 Å². The third-order valence-corrected chi connectivity index (χ3v) is 3.79. The zero-order valence-corrected chi connectivity index (χ0v) is 11.4. The van der Waals surface area contributed by atoms with E-state index in [4.69, 9.17) is 4.74 Å². The molecule has 18 heavy (non-hydrogen) atoms. The molecule has 2 aliphatic rings. The van der Waals surface area contributed by atoms with Gasteiger partial charge in [-0.05, 0) is 19.4 Å². The van der Waals surface area contributed by atoms with Crippen molar-refractivity contribution >= 4 is 5.91 Å². The minimum absolute atomic E-state index is 0.146. The van der Waals surface area contributed by atoms with Gasteiger partial charge in [0.15, 0.2) is 0 Å². The lowest BCUT2D eigenvalue weighted by Gasteiger charge is -2.37. The van der Waals surface area contributed by atoms with Crippen molar-refractivity contribution in [3.8, 4) is 0 Å². The van der Waals surface area contributed by atoms with Crippen molar-refractivity contribution < 1.29 is 9.53 Å². The van der Waals surface area contributed by atoms with E-state index in [1.54, 1.807) is 0 Å². The van der Waals surface area contributed by atoms with Crippen molar-refractivity contribution in [1.29, 1.82) is 0 Å². The van der Waals surface area contributed by atoms with E-state index in [2.05, 4.69) is 17.1 Å². The molecule has 1 atom stereocenters. The molecule has 0 aromatic carbocycles. The third-order valence-electron chi connectivity index (χ3n) is 3.79. The Morgan fingerprint density at radius 3 is 2.72 bits per heavy atom. The van der Waals surface area contributed by atoms with Crippen LogP contribution in [0, 0.1) is 0 Å². The van der Waals surface area contributed by atoms with Crippen molar-refractivity contribution in [1.82, 2.24) is 15.1 Å². The molecule has 0 saturated carbocycles. The number of ether oxygens (including phenoxy) is 1. The van der Waals surface area contributed by atoms with Crippen LogP contribution in [-0.4, -0.2) is 74.2 Å². The Balaban J connectivity index is 1.67. The summed E-state index contributed by atoms with van der Waals surface area (Å²) in [6, 6.07) is 0.679. The fourth-order valence-electron chi connectivity index (χ4n) is 2.68. The molecule has 2 fully saturated rings. The maximum absolute atomic E-state index is 11.9. The first-order chi connectivity index (χ1) is 8.81. The van der Waals surface area contributed by atoms with Crippen molar-refractivity contribution in [2.24, 2.45) is 0 Å². The van der Waals surface area contributed by atoms with E-state index < -0.39 is 0 Å². The summed E-state index contributed by atoms with van der Waals surface area (Å²) in [5.41, 5.74) is 0. The summed E-state index contributed by atoms with van der Waals surface area (Å²) in [4.78, 5) is 16.3. The highest BCUT2D eigenvalue weighted by Crippen LogP contribution is 2.12. The zero-order valence-electron chi connectivity index (χ0n) is 11.4. The van der Waals surface area contributed by atoms with Gasteiger partial charge in [-0.2, -0.15) is 0 Å². The molecule has 1 amide bonds. The van der Waals surface area contributed by atoms with Gasteiger partial charge in [-0.1, -0.05) is 6.92 Å². The van der Waals surface area contributed by atoms with E-state index in [0.717, 1.165) is 45.7 Å². The Kier molecular flexibility index (Phi) is 5.41. The number of piperazine rings is 1. The first kappa shape index (κ1) is 13.8. The van der Waals surface area contributed by atoms with Crippen LogP contribution in [0.2, 0.25) is 0 Å². The quantitative estimate of drug-likeness (QED) is 0.698. The van der Waals surface area contributed by atoms with Gasteiger partial charge < -0.3 is 15.0 Å². The van der Waals surface area contributed by atoms with E-state index in [1.807, 2.05) is 4.90 Å². The number of carbonyl (C=O) groups excluding carboxylic acids is 1. The summed E-state index contributed by atoms with van der Waals surface area (Å²) in [6.07, 6.45) is 2.21. The average molecular weight is 255 g/mol. The van der Waals surface area contributed by atoms with Gasteiger partial charge in [0.05, 0.1) is 0 Å². The monoisotopic (exact) mass is 255 g/mol. The first-order valence-electron chi connectivity index (χ1n) is 7.11. The highest BCUT2D eigenvalue weighted by molar-refractivity contribution is 5.77. The zero-order chi connectivity index (χ0) is 12.8. The molecule has 0 aliphatic carbocycles. The normalized spacial score (nSPS) is 25.6. The Bertz CT molecular complexity index is 259. The van der Waals surface area contributed by atoms with E-state index in [1.165, 1.54) is 6.42 Å². The van der Waals surface area contributed by atoms with Crippen LogP contribution < -0.4 is 5.32 Å². The fraction of sp³-hybridized carbons (Fsp3) is 0.923. The van der Waals surface area contributed by atoms with Crippen LogP contribution in [0.15, 0.2) is 0 Å². The third kappa shape index (κ3) is 3.67. The molecule has 0 aromatic rings. The SMILES string of the molecule is CCCOCC(=O)N1CCN(C2CCNC2)CC1. The number of amides is 1. The summed E-state index contributed by atoms with van der Waals surface area (Å²) >= 11 is 0. The molecule has 2 heterocycles. The minimum atomic E-state index is 0.146. The van der Waals surface area contributed by atoms with Gasteiger partial charge >= 0.3 is 0 Å². The number of rotatable bonds is 5. The smallest absolute Gasteiger partial charge is 0.248 e. The number of carbonyl (C=O) groups is 1. The van der Waals surface area contributed by atoms with Crippen LogP contribution in [-0.2, 0) is 9.53 Å². The lowest BCUT2D eigenvalue weighted by molar-refractivity contribution is -0.138. The van der Waals surface area contributed by atoms with E-state index in [0.29, 0.717) is 12.6 Å². The Labute approximate surface area is 109 Å². The van der Waals surface area contributed by atoms with Crippen LogP contribution in [0.4, 0.5) is 0 Å². The molecule has 0 spiro atoms. The van der Waals surface area contributed by atoms with Gasteiger partial charge in [0, 0.05) is 45.4 Å². The predicted molar refractivity (Wildman–Crippen MR) is 70.5 cm³/mol. The molecule has 0 radical (unpaired) electrons. The number of nitrogens with one attached hydrogen (secondary N) is 1. The van der Waals surface area contributed by atoms with Gasteiger partial charge in [0.25, 0.3) is 0 Å². The molecular formula is C13H25N3O2. The second kappa shape index (κ2) is 7.07. The van der Waals surface area contributed by atoms with Gasteiger partial charge in [0.2, 0.25) is 5.91 Å². The Morgan fingerprint density at radius 2 is 2.11 bits per heavy atom. The fourth-order valence-corrected chi connectivity index (χ4v) is 2.68. The molecule has 104 valence electrons. The summed E-state index contributed by atoms with van der Waals surface area (Å²) in [7, 11) is 0. The minimum Gasteiger partial charge on any atom is -0.372 e. The maximum Gasteiger partial charge on any atom is 0.248 e. The highest BCUT2D eigenvalue weighted by atomic mass is 16.5. The van der Waals surface area contributed by atoms with Crippen LogP contribution in [0.1, 0.15) is 19.8 Å². The summed E-state index contributed by atoms with van der Waals surface area (Å²) in [5.74, 6) is 0.146. The van der Waals surface area contributed by atoms with Crippen LogP contribution in [0.5, 0.6) is 0 Å². The topological polar surface area (TPSA) is 44.8 Å². The molecule has 1 unspecified atom stereocenters. The summed E-state index contributed by atoms with van der Waals surface area (Å²) < 4.78 is 5.31. The van der Waals surface area contributed by atoms with Crippen molar-refractivity contribution in [3.05, 3.63) is 0 Å². The average Bonchev–Trinajstić information content (AvgIpc) is 2.93. The molecule has 2 saturated heterocycles. The number of hydrogen-bond acceptors (Lipinski definition) is 4. The standard InChI is InChI=1S/C13H25N3O2/c1-2-9-18-11-13(17)16-7-5-15(6-8-16)12-3-4-14-10-12/h12,14H,2-11H2,1H3. The van der Waals surface area contributed by atoms with Crippen LogP contribution in [0.3, 0.4) is 0 Å². The van der Waals surface area contributed by atoms with E-state index in [-0.39, 0.29) is 12.5 Å². The van der Waals surface area contributed by atoms with Gasteiger partial charge in [-0.3, -0.25) is 9.69 Å². The summed E-state index contributed by atoms with van der Waals surface area (Å²) in [6.45, 7) is 8.94. The van der Waals surface area contributed by atoms with E-state index in [9.17, 15) is 4.79 Å². The van der Waals surface area contributed by atoms with Crippen LogP contribution in [0.25, 0.3) is 0 Å². The molecule has 2 rings (SSSR count). The lowest BCUT2D eigenvalue weighted by Crippen LogP contribution is -2.53. The number of nitrogens with zero attached hydrogens (tertiary/aromatic N) is 2. The molecule has 5 heteroatoms. The molecule has 0 bridgehead atoms. The number of hydrogen-bond donors (Lipinski definition) is 1. The van der Waals surface area contributed by atoms with Gasteiger partial charge in [-0.15, -0.1) is 0 Å².